The highest BCUT2D eigenvalue weighted by Gasteiger charge is 2.25. The quantitative estimate of drug-likeness (QED) is 0.0185. The van der Waals surface area contributed by atoms with Crippen LogP contribution in [0.4, 0.5) is 0 Å². The number of rotatable bonds is 36. The van der Waals surface area contributed by atoms with Gasteiger partial charge in [0.25, 0.3) is 0 Å². The number of phosphoric acid groups is 1. The maximum absolute atomic E-state index is 12.5. The average molecular weight is 754 g/mol. The third-order valence-electron chi connectivity index (χ3n) is 8.00. The van der Waals surface area contributed by atoms with Crippen molar-refractivity contribution in [1.82, 2.24) is 0 Å². The summed E-state index contributed by atoms with van der Waals surface area (Å²) in [4.78, 5) is 34.7. The topological polar surface area (TPSA) is 155 Å². The molecular formula is C41H72NO9P. The van der Waals surface area contributed by atoms with Crippen LogP contribution in [0.1, 0.15) is 149 Å². The molecule has 0 amide bonds. The maximum atomic E-state index is 12.5. The van der Waals surface area contributed by atoms with E-state index in [1.165, 1.54) is 64.2 Å². The minimum atomic E-state index is -4.40. The van der Waals surface area contributed by atoms with Crippen LogP contribution in [0.5, 0.6) is 0 Å². The molecule has 10 nitrogen and oxygen atoms in total. The van der Waals surface area contributed by atoms with E-state index in [-0.39, 0.29) is 32.6 Å². The molecule has 3 atom stereocenters. The van der Waals surface area contributed by atoms with Crippen molar-refractivity contribution in [2.24, 2.45) is 5.73 Å². The predicted octanol–water partition coefficient (Wildman–Crippen LogP) is 9.91. The second-order valence-corrected chi connectivity index (χ2v) is 14.4. The molecule has 52 heavy (non-hydrogen) atoms. The fraction of sp³-hybridized carbons (Fsp3) is 0.707. The maximum Gasteiger partial charge on any atom is 0.472 e. The minimum Gasteiger partial charge on any atom is -0.462 e. The largest absolute Gasteiger partial charge is 0.472 e. The first-order valence-corrected chi connectivity index (χ1v) is 21.4. The average Bonchev–Trinajstić information content (AvgIpc) is 3.12. The Hall–Kier alpha value is -2.33. The number of aliphatic hydroxyl groups is 1. The molecule has 0 saturated heterocycles. The van der Waals surface area contributed by atoms with Gasteiger partial charge in [-0.2, -0.15) is 0 Å². The van der Waals surface area contributed by atoms with Crippen LogP contribution in [0.3, 0.4) is 0 Å². The van der Waals surface area contributed by atoms with Gasteiger partial charge in [-0.1, -0.05) is 152 Å². The summed E-state index contributed by atoms with van der Waals surface area (Å²) in [6.07, 6.45) is 38.6. The van der Waals surface area contributed by atoms with Gasteiger partial charge in [0.2, 0.25) is 0 Å². The number of nitrogens with two attached hydrogens (primary N) is 1. The fourth-order valence-electron chi connectivity index (χ4n) is 5.05. The Morgan fingerprint density at radius 1 is 0.692 bits per heavy atom. The molecule has 0 aliphatic rings. The Morgan fingerprint density at radius 3 is 1.94 bits per heavy atom. The molecule has 4 N–H and O–H groups in total. The van der Waals surface area contributed by atoms with Gasteiger partial charge >= 0.3 is 19.8 Å². The highest BCUT2D eigenvalue weighted by atomic mass is 31.2. The molecule has 0 fully saturated rings. The second kappa shape index (κ2) is 37.0. The molecule has 0 spiro atoms. The van der Waals surface area contributed by atoms with E-state index < -0.39 is 38.6 Å². The number of carbonyl (C=O) groups excluding carboxylic acids is 2. The Bertz CT molecular complexity index is 1060. The van der Waals surface area contributed by atoms with Crippen molar-refractivity contribution in [3.63, 3.8) is 0 Å². The van der Waals surface area contributed by atoms with E-state index in [0.29, 0.717) is 32.1 Å². The van der Waals surface area contributed by atoms with Crippen molar-refractivity contribution in [2.45, 2.75) is 161 Å². The van der Waals surface area contributed by atoms with Crippen LogP contribution in [-0.4, -0.2) is 60.5 Å². The summed E-state index contributed by atoms with van der Waals surface area (Å²) >= 11 is 0. The predicted molar refractivity (Wildman–Crippen MR) is 212 cm³/mol. The minimum absolute atomic E-state index is 0.0326. The van der Waals surface area contributed by atoms with Crippen molar-refractivity contribution in [1.29, 1.82) is 0 Å². The number of hydrogen-bond acceptors (Lipinski definition) is 9. The zero-order chi connectivity index (χ0) is 38.4. The van der Waals surface area contributed by atoms with Crippen LogP contribution in [0.25, 0.3) is 0 Å². The number of ether oxygens (including phenoxy) is 2. The van der Waals surface area contributed by atoms with Crippen molar-refractivity contribution >= 4 is 19.8 Å². The number of allylic oxidation sites excluding steroid dienone is 8. The third-order valence-corrected chi connectivity index (χ3v) is 8.98. The molecule has 3 unspecified atom stereocenters. The summed E-state index contributed by atoms with van der Waals surface area (Å²) in [6, 6.07) is 0. The van der Waals surface area contributed by atoms with E-state index in [1.807, 2.05) is 42.5 Å². The zero-order valence-corrected chi connectivity index (χ0v) is 33.3. The molecule has 0 aromatic heterocycles. The van der Waals surface area contributed by atoms with Gasteiger partial charge in [0.1, 0.15) is 6.61 Å². The molecule has 0 heterocycles. The summed E-state index contributed by atoms with van der Waals surface area (Å²) in [5.74, 6) is -0.939. The molecule has 0 rings (SSSR count). The summed E-state index contributed by atoms with van der Waals surface area (Å²) < 4.78 is 32.6. The molecular weight excluding hydrogens is 681 g/mol. The standard InChI is InChI=1S/C41H72NO9P/c1-3-5-7-9-11-12-13-14-15-16-20-24-28-32-40(44)48-36-39(37-50-52(46,47)49-35-34-42)51-41(45)33-29-25-21-18-17-19-23-27-31-38(43)30-26-22-10-8-6-4-2/h6,8,18-19,21-23,26-27,31,38-39,43H,3-5,7,9-17,20,24-25,28-30,32-37,42H2,1-2H3,(H,46,47). The first kappa shape index (κ1) is 49.7. The molecule has 0 aromatic carbocycles. The Balaban J connectivity index is 4.39. The Kier molecular flexibility index (Phi) is 35.3. The number of phosphoric ester groups is 1. The summed E-state index contributed by atoms with van der Waals surface area (Å²) in [5, 5.41) is 10.00. The van der Waals surface area contributed by atoms with Crippen molar-refractivity contribution < 1.29 is 42.7 Å². The Morgan fingerprint density at radius 2 is 1.29 bits per heavy atom. The van der Waals surface area contributed by atoms with Crippen LogP contribution in [-0.2, 0) is 32.7 Å². The zero-order valence-electron chi connectivity index (χ0n) is 32.4. The van der Waals surface area contributed by atoms with Crippen LogP contribution in [0.2, 0.25) is 0 Å². The number of hydrogen-bond donors (Lipinski definition) is 3. The molecule has 0 aromatic rings. The van der Waals surface area contributed by atoms with Gasteiger partial charge < -0.3 is 25.2 Å². The first-order valence-electron chi connectivity index (χ1n) is 19.9. The van der Waals surface area contributed by atoms with Gasteiger partial charge in [-0.15, -0.1) is 0 Å². The smallest absolute Gasteiger partial charge is 0.462 e. The van der Waals surface area contributed by atoms with Crippen LogP contribution >= 0.6 is 7.82 Å². The third kappa shape index (κ3) is 36.0. The molecule has 0 aliphatic carbocycles. The van der Waals surface area contributed by atoms with Crippen molar-refractivity contribution in [3.05, 3.63) is 60.8 Å². The van der Waals surface area contributed by atoms with Gasteiger partial charge in [-0.05, 0) is 44.9 Å². The lowest BCUT2D eigenvalue weighted by atomic mass is 10.0. The first-order chi connectivity index (χ1) is 25.2. The van der Waals surface area contributed by atoms with Crippen molar-refractivity contribution in [3.8, 4) is 0 Å². The van der Waals surface area contributed by atoms with E-state index in [1.54, 1.807) is 6.08 Å². The number of unbranched alkanes of at least 4 members (excludes halogenated alkanes) is 13. The highest BCUT2D eigenvalue weighted by Crippen LogP contribution is 2.43. The van der Waals surface area contributed by atoms with Gasteiger partial charge in [0.05, 0.1) is 19.3 Å². The van der Waals surface area contributed by atoms with E-state index in [0.717, 1.165) is 25.7 Å². The van der Waals surface area contributed by atoms with Crippen LogP contribution in [0, 0.1) is 0 Å². The normalized spacial score (nSPS) is 14.6. The summed E-state index contributed by atoms with van der Waals surface area (Å²) in [7, 11) is -4.40. The highest BCUT2D eigenvalue weighted by molar-refractivity contribution is 7.47. The molecule has 0 aliphatic heterocycles. The summed E-state index contributed by atoms with van der Waals surface area (Å²) in [6.45, 7) is 3.44. The molecule has 300 valence electrons. The fourth-order valence-corrected chi connectivity index (χ4v) is 5.81. The number of esters is 2. The molecule has 0 radical (unpaired) electrons. The van der Waals surface area contributed by atoms with E-state index in [2.05, 4.69) is 26.0 Å². The lowest BCUT2D eigenvalue weighted by Crippen LogP contribution is -2.29. The van der Waals surface area contributed by atoms with Gasteiger partial charge in [0, 0.05) is 19.4 Å². The molecule has 0 bridgehead atoms. The number of aliphatic hydroxyl groups excluding tert-OH is 1. The van der Waals surface area contributed by atoms with Crippen molar-refractivity contribution in [2.75, 3.05) is 26.4 Å². The van der Waals surface area contributed by atoms with Gasteiger partial charge in [-0.3, -0.25) is 18.6 Å². The second-order valence-electron chi connectivity index (χ2n) is 13.0. The lowest BCUT2D eigenvalue weighted by molar-refractivity contribution is -0.161. The summed E-state index contributed by atoms with van der Waals surface area (Å²) in [5.41, 5.74) is 5.33. The lowest BCUT2D eigenvalue weighted by Gasteiger charge is -2.19. The van der Waals surface area contributed by atoms with Crippen LogP contribution < -0.4 is 5.73 Å². The monoisotopic (exact) mass is 753 g/mol. The SMILES string of the molecule is CCC=CCC=CCC(O)C=CC=CCC=CCCCC(=O)OC(COC(=O)CCCCCCCCCCCCCCC)COP(=O)(O)OCCN. The molecule has 11 heteroatoms. The van der Waals surface area contributed by atoms with Gasteiger partial charge in [-0.25, -0.2) is 4.57 Å². The molecule has 0 saturated carbocycles. The van der Waals surface area contributed by atoms with E-state index in [9.17, 15) is 24.2 Å². The van der Waals surface area contributed by atoms with Gasteiger partial charge in [0.15, 0.2) is 6.10 Å². The van der Waals surface area contributed by atoms with Crippen LogP contribution in [0.15, 0.2) is 60.8 Å². The number of carbonyl (C=O) groups is 2. The Labute approximate surface area is 315 Å². The van der Waals surface area contributed by atoms with E-state index >= 15 is 0 Å². The van der Waals surface area contributed by atoms with E-state index in [4.69, 9.17) is 24.3 Å².